The third-order valence-corrected chi connectivity index (χ3v) is 5.15. The lowest BCUT2D eigenvalue weighted by atomic mass is 9.87. The number of methoxy groups -OCH3 is 3. The zero-order valence-electron chi connectivity index (χ0n) is 17.7. The number of fused-ring (bicyclic) bond motifs is 1. The minimum atomic E-state index is -0.695. The summed E-state index contributed by atoms with van der Waals surface area (Å²) in [5, 5.41) is 2.86. The molecule has 0 bridgehead atoms. The first-order chi connectivity index (χ1) is 14.5. The van der Waals surface area contributed by atoms with Crippen LogP contribution in [0.5, 0.6) is 28.7 Å². The van der Waals surface area contributed by atoms with Gasteiger partial charge in [0.15, 0.2) is 23.0 Å². The summed E-state index contributed by atoms with van der Waals surface area (Å²) < 4.78 is 22.0. The normalized spacial score (nSPS) is 15.3. The van der Waals surface area contributed by atoms with Gasteiger partial charge in [0.05, 0.1) is 27.0 Å². The van der Waals surface area contributed by atoms with E-state index in [0.29, 0.717) is 46.4 Å². The molecule has 1 heterocycles. The molecule has 0 aromatic heterocycles. The van der Waals surface area contributed by atoms with Crippen LogP contribution < -0.4 is 24.3 Å². The second-order valence-electron chi connectivity index (χ2n) is 7.07. The largest absolute Gasteiger partial charge is 0.497 e. The number of anilines is 1. The maximum atomic E-state index is 13.1. The second-order valence-corrected chi connectivity index (χ2v) is 7.07. The van der Waals surface area contributed by atoms with Crippen LogP contribution in [0, 0.1) is 5.92 Å². The molecule has 0 fully saturated rings. The Morgan fingerprint density at radius 3 is 2.27 bits per heavy atom. The number of carbonyl (C=O) groups is 2. The Morgan fingerprint density at radius 2 is 1.60 bits per heavy atom. The molecule has 1 atom stereocenters. The quantitative estimate of drug-likeness (QED) is 0.468. The van der Waals surface area contributed by atoms with E-state index in [2.05, 4.69) is 12.2 Å². The fraction of sp³-hybridized carbons (Fsp3) is 0.391. The van der Waals surface area contributed by atoms with Crippen LogP contribution in [0.15, 0.2) is 30.3 Å². The van der Waals surface area contributed by atoms with E-state index in [1.165, 1.54) is 14.2 Å². The molecule has 0 saturated carbocycles. The average molecular weight is 413 g/mol. The number of ether oxygens (including phenoxy) is 4. The van der Waals surface area contributed by atoms with E-state index in [9.17, 15) is 9.59 Å². The van der Waals surface area contributed by atoms with Gasteiger partial charge in [-0.15, -0.1) is 0 Å². The number of Topliss-reactive ketones (excluding diaryl/α,β-unsaturated/α-hetero) is 1. The molecule has 0 radical (unpaired) electrons. The van der Waals surface area contributed by atoms with E-state index in [1.54, 1.807) is 37.4 Å². The maximum Gasteiger partial charge on any atom is 0.235 e. The maximum absolute atomic E-state index is 13.1. The number of nitrogens with one attached hydrogen (secondary N) is 1. The van der Waals surface area contributed by atoms with Crippen LogP contribution in [0.2, 0.25) is 0 Å². The SMILES string of the molecule is CCCCCC1C(=O)Nc2c(Oc3ccc(OC)cc3OC)cc(OC)cc2C1=O. The molecule has 1 unspecified atom stereocenters. The summed E-state index contributed by atoms with van der Waals surface area (Å²) in [7, 11) is 4.60. The van der Waals surface area contributed by atoms with Gasteiger partial charge in [-0.25, -0.2) is 0 Å². The lowest BCUT2D eigenvalue weighted by Gasteiger charge is -2.26. The molecule has 1 aliphatic heterocycles. The first-order valence-corrected chi connectivity index (χ1v) is 9.99. The molecule has 2 aromatic rings. The molecule has 1 amide bonds. The van der Waals surface area contributed by atoms with Crippen molar-refractivity contribution < 1.29 is 28.5 Å². The highest BCUT2D eigenvalue weighted by atomic mass is 16.5. The minimum absolute atomic E-state index is 0.213. The van der Waals surface area contributed by atoms with Gasteiger partial charge in [-0.2, -0.15) is 0 Å². The zero-order valence-corrected chi connectivity index (χ0v) is 17.7. The highest BCUT2D eigenvalue weighted by molar-refractivity contribution is 6.21. The summed E-state index contributed by atoms with van der Waals surface area (Å²) in [5.41, 5.74) is 0.730. The standard InChI is InChI=1S/C23H27NO6/c1-5-6-7-8-16-22(25)17-11-15(28-3)13-20(21(17)24-23(16)26)30-18-10-9-14(27-2)12-19(18)29-4/h9-13,16H,5-8H2,1-4H3,(H,24,26). The van der Waals surface area contributed by atoms with Crippen molar-refractivity contribution in [2.75, 3.05) is 26.6 Å². The Bertz CT molecular complexity index is 940. The number of benzene rings is 2. The fourth-order valence-corrected chi connectivity index (χ4v) is 3.47. The fourth-order valence-electron chi connectivity index (χ4n) is 3.47. The summed E-state index contributed by atoms with van der Waals surface area (Å²) in [6, 6.07) is 8.40. The molecule has 0 saturated heterocycles. The summed E-state index contributed by atoms with van der Waals surface area (Å²) in [6.45, 7) is 2.08. The number of carbonyl (C=O) groups excluding carboxylic acids is 2. The second kappa shape index (κ2) is 9.52. The Balaban J connectivity index is 1.98. The van der Waals surface area contributed by atoms with E-state index in [-0.39, 0.29) is 11.7 Å². The van der Waals surface area contributed by atoms with Crippen molar-refractivity contribution in [2.45, 2.75) is 32.6 Å². The lowest BCUT2D eigenvalue weighted by molar-refractivity contribution is -0.119. The highest BCUT2D eigenvalue weighted by Gasteiger charge is 2.36. The monoisotopic (exact) mass is 413 g/mol. The number of amides is 1. The van der Waals surface area contributed by atoms with Gasteiger partial charge in [0.25, 0.3) is 0 Å². The molecule has 1 aliphatic rings. The summed E-state index contributed by atoms with van der Waals surface area (Å²) in [5.74, 6) is 1.05. The topological polar surface area (TPSA) is 83.1 Å². The smallest absolute Gasteiger partial charge is 0.235 e. The van der Waals surface area contributed by atoms with Crippen molar-refractivity contribution in [1.29, 1.82) is 0 Å². The average Bonchev–Trinajstić information content (AvgIpc) is 2.76. The molecule has 30 heavy (non-hydrogen) atoms. The third kappa shape index (κ3) is 4.35. The van der Waals surface area contributed by atoms with Crippen LogP contribution in [0.3, 0.4) is 0 Å². The Hall–Kier alpha value is -3.22. The molecule has 0 spiro atoms. The van der Waals surface area contributed by atoms with Crippen molar-refractivity contribution >= 4 is 17.4 Å². The van der Waals surface area contributed by atoms with Gasteiger partial charge in [-0.3, -0.25) is 9.59 Å². The third-order valence-electron chi connectivity index (χ3n) is 5.15. The predicted octanol–water partition coefficient (Wildman–Crippen LogP) is 4.84. The van der Waals surface area contributed by atoms with Crippen LogP contribution in [0.25, 0.3) is 0 Å². The van der Waals surface area contributed by atoms with Gasteiger partial charge in [-0.05, 0) is 24.6 Å². The molecular weight excluding hydrogens is 386 g/mol. The van der Waals surface area contributed by atoms with Gasteiger partial charge >= 0.3 is 0 Å². The number of hydrogen-bond donors (Lipinski definition) is 1. The summed E-state index contributed by atoms with van der Waals surface area (Å²) in [6.07, 6.45) is 3.35. The van der Waals surface area contributed by atoms with Gasteiger partial charge < -0.3 is 24.3 Å². The van der Waals surface area contributed by atoms with Gasteiger partial charge in [0.2, 0.25) is 5.91 Å². The van der Waals surface area contributed by atoms with Gasteiger partial charge in [-0.1, -0.05) is 26.2 Å². The number of ketones is 1. The Kier molecular flexibility index (Phi) is 6.82. The highest BCUT2D eigenvalue weighted by Crippen LogP contribution is 2.43. The zero-order chi connectivity index (χ0) is 21.7. The van der Waals surface area contributed by atoms with E-state index >= 15 is 0 Å². The van der Waals surface area contributed by atoms with Crippen molar-refractivity contribution in [3.8, 4) is 28.7 Å². The van der Waals surface area contributed by atoms with Crippen LogP contribution >= 0.6 is 0 Å². The van der Waals surface area contributed by atoms with E-state index in [4.69, 9.17) is 18.9 Å². The molecule has 7 heteroatoms. The molecule has 160 valence electrons. The molecule has 2 aromatic carbocycles. The van der Waals surface area contributed by atoms with Crippen LogP contribution in [0.4, 0.5) is 5.69 Å². The van der Waals surface area contributed by atoms with Gasteiger partial charge in [0.1, 0.15) is 17.4 Å². The molecule has 7 nitrogen and oxygen atoms in total. The van der Waals surface area contributed by atoms with Crippen molar-refractivity contribution in [3.63, 3.8) is 0 Å². The molecule has 0 aliphatic carbocycles. The van der Waals surface area contributed by atoms with E-state index < -0.39 is 5.92 Å². The Morgan fingerprint density at radius 1 is 0.867 bits per heavy atom. The number of rotatable bonds is 9. The van der Waals surface area contributed by atoms with Crippen molar-refractivity contribution in [3.05, 3.63) is 35.9 Å². The summed E-state index contributed by atoms with van der Waals surface area (Å²) in [4.78, 5) is 25.8. The van der Waals surface area contributed by atoms with Crippen molar-refractivity contribution in [1.82, 2.24) is 0 Å². The lowest BCUT2D eigenvalue weighted by Crippen LogP contribution is -2.35. The van der Waals surface area contributed by atoms with E-state index in [0.717, 1.165) is 19.3 Å². The van der Waals surface area contributed by atoms with E-state index in [1.807, 2.05) is 0 Å². The van der Waals surface area contributed by atoms with Gasteiger partial charge in [0, 0.05) is 17.7 Å². The summed E-state index contributed by atoms with van der Waals surface area (Å²) >= 11 is 0. The number of hydrogen-bond acceptors (Lipinski definition) is 6. The molecule has 3 rings (SSSR count). The first-order valence-electron chi connectivity index (χ1n) is 9.99. The van der Waals surface area contributed by atoms with Crippen LogP contribution in [-0.4, -0.2) is 33.0 Å². The molecular formula is C23H27NO6. The minimum Gasteiger partial charge on any atom is -0.497 e. The predicted molar refractivity (Wildman–Crippen MR) is 113 cm³/mol. The van der Waals surface area contributed by atoms with Crippen molar-refractivity contribution in [2.24, 2.45) is 5.92 Å². The van der Waals surface area contributed by atoms with Crippen LogP contribution in [0.1, 0.15) is 43.0 Å². The van der Waals surface area contributed by atoms with Crippen LogP contribution in [-0.2, 0) is 4.79 Å². The number of unbranched alkanes of at least 4 members (excludes halogenated alkanes) is 2. The first kappa shape index (κ1) is 21.5. The molecule has 1 N–H and O–H groups in total. The Labute approximate surface area is 176 Å².